The van der Waals surface area contributed by atoms with Crippen LogP contribution in [0.4, 0.5) is 0 Å². The molecule has 1 aliphatic rings. The van der Waals surface area contributed by atoms with Gasteiger partial charge in [0.1, 0.15) is 6.04 Å². The second kappa shape index (κ2) is 5.56. The van der Waals surface area contributed by atoms with Crippen LogP contribution < -0.4 is 0 Å². The number of hydrogen-bond donors (Lipinski definition) is 1. The molecule has 1 atom stereocenters. The molecule has 0 spiro atoms. The highest BCUT2D eigenvalue weighted by Crippen LogP contribution is 2.16. The Kier molecular flexibility index (Phi) is 5.11. The molecular formula is C9H17NO3. The Hall–Kier alpha value is -1.06. The summed E-state index contributed by atoms with van der Waals surface area (Å²) in [5.41, 5.74) is 0. The van der Waals surface area contributed by atoms with Crippen molar-refractivity contribution in [3.8, 4) is 0 Å². The largest absolute Gasteiger partial charge is 0.480 e. The first-order chi connectivity index (χ1) is 6.13. The Balaban J connectivity index is 0.000000671. The molecule has 1 fully saturated rings. The van der Waals surface area contributed by atoms with E-state index in [-0.39, 0.29) is 5.91 Å². The van der Waals surface area contributed by atoms with Crippen molar-refractivity contribution in [2.45, 2.75) is 39.7 Å². The number of likely N-dealkylation sites (tertiary alicyclic amines) is 1. The van der Waals surface area contributed by atoms with Gasteiger partial charge in [0.15, 0.2) is 0 Å². The summed E-state index contributed by atoms with van der Waals surface area (Å²) in [5.74, 6) is -1.03. The lowest BCUT2D eigenvalue weighted by Crippen LogP contribution is -2.38. The molecule has 1 aliphatic heterocycles. The quantitative estimate of drug-likeness (QED) is 0.669. The van der Waals surface area contributed by atoms with Crippen LogP contribution >= 0.6 is 0 Å². The first kappa shape index (κ1) is 11.9. The van der Waals surface area contributed by atoms with Gasteiger partial charge in [-0.1, -0.05) is 13.8 Å². The first-order valence-corrected chi connectivity index (χ1v) is 4.63. The van der Waals surface area contributed by atoms with Crippen LogP contribution in [-0.2, 0) is 9.59 Å². The van der Waals surface area contributed by atoms with Gasteiger partial charge in [-0.25, -0.2) is 4.79 Å². The molecular weight excluding hydrogens is 170 g/mol. The minimum absolute atomic E-state index is 0.144. The van der Waals surface area contributed by atoms with E-state index in [2.05, 4.69) is 0 Å². The Morgan fingerprint density at radius 3 is 2.23 bits per heavy atom. The van der Waals surface area contributed by atoms with E-state index >= 15 is 0 Å². The van der Waals surface area contributed by atoms with E-state index in [9.17, 15) is 9.59 Å². The molecule has 0 aromatic rings. The monoisotopic (exact) mass is 187 g/mol. The van der Waals surface area contributed by atoms with Gasteiger partial charge < -0.3 is 10.0 Å². The first-order valence-electron chi connectivity index (χ1n) is 4.63. The zero-order valence-corrected chi connectivity index (χ0v) is 8.41. The van der Waals surface area contributed by atoms with E-state index in [1.807, 2.05) is 13.8 Å². The Labute approximate surface area is 78.5 Å². The van der Waals surface area contributed by atoms with Gasteiger partial charge in [-0.15, -0.1) is 0 Å². The molecule has 13 heavy (non-hydrogen) atoms. The minimum atomic E-state index is -0.891. The van der Waals surface area contributed by atoms with Crippen molar-refractivity contribution in [1.82, 2.24) is 4.90 Å². The predicted molar refractivity (Wildman–Crippen MR) is 49.4 cm³/mol. The number of carboxylic acids is 1. The van der Waals surface area contributed by atoms with Crippen LogP contribution in [0.1, 0.15) is 33.6 Å². The van der Waals surface area contributed by atoms with Crippen LogP contribution in [0.2, 0.25) is 0 Å². The third-order valence-electron chi connectivity index (χ3n) is 1.94. The van der Waals surface area contributed by atoms with E-state index in [1.165, 1.54) is 11.8 Å². The van der Waals surface area contributed by atoms with Crippen molar-refractivity contribution in [1.29, 1.82) is 0 Å². The van der Waals surface area contributed by atoms with E-state index in [0.29, 0.717) is 13.0 Å². The Bertz CT molecular complexity index is 171. The number of hydrogen-bond acceptors (Lipinski definition) is 2. The maximum atomic E-state index is 10.8. The van der Waals surface area contributed by atoms with Gasteiger partial charge >= 0.3 is 5.97 Å². The summed E-state index contributed by atoms with van der Waals surface area (Å²) in [6.45, 7) is 5.99. The minimum Gasteiger partial charge on any atom is -0.480 e. The molecule has 0 unspecified atom stereocenters. The molecule has 1 heterocycles. The second-order valence-electron chi connectivity index (χ2n) is 2.71. The zero-order chi connectivity index (χ0) is 10.4. The van der Waals surface area contributed by atoms with E-state index in [1.54, 1.807) is 0 Å². The number of rotatable bonds is 1. The number of amides is 1. The smallest absolute Gasteiger partial charge is 0.326 e. The average Bonchev–Trinajstić information content (AvgIpc) is 2.55. The molecule has 0 bridgehead atoms. The maximum absolute atomic E-state index is 10.8. The predicted octanol–water partition coefficient (Wildman–Crippen LogP) is 1.11. The highest BCUT2D eigenvalue weighted by atomic mass is 16.4. The van der Waals surface area contributed by atoms with Gasteiger partial charge in [-0.2, -0.15) is 0 Å². The lowest BCUT2D eigenvalue weighted by molar-refractivity contribution is -0.147. The molecule has 1 rings (SSSR count). The molecule has 0 radical (unpaired) electrons. The molecule has 4 heteroatoms. The third kappa shape index (κ3) is 3.05. The molecule has 0 aromatic heterocycles. The van der Waals surface area contributed by atoms with Gasteiger partial charge in [-0.05, 0) is 12.8 Å². The highest BCUT2D eigenvalue weighted by molar-refractivity contribution is 5.82. The summed E-state index contributed by atoms with van der Waals surface area (Å²) in [7, 11) is 0. The summed E-state index contributed by atoms with van der Waals surface area (Å²) in [5, 5.41) is 8.64. The topological polar surface area (TPSA) is 57.6 Å². The lowest BCUT2D eigenvalue weighted by atomic mass is 10.2. The highest BCUT2D eigenvalue weighted by Gasteiger charge is 2.31. The second-order valence-corrected chi connectivity index (χ2v) is 2.71. The average molecular weight is 187 g/mol. The zero-order valence-electron chi connectivity index (χ0n) is 8.41. The van der Waals surface area contributed by atoms with Crippen molar-refractivity contribution < 1.29 is 14.7 Å². The molecule has 1 amide bonds. The molecule has 76 valence electrons. The van der Waals surface area contributed by atoms with E-state index in [0.717, 1.165) is 6.42 Å². The van der Waals surface area contributed by atoms with Crippen LogP contribution in [-0.4, -0.2) is 34.5 Å². The van der Waals surface area contributed by atoms with Crippen molar-refractivity contribution in [3.63, 3.8) is 0 Å². The van der Waals surface area contributed by atoms with Crippen molar-refractivity contribution in [2.24, 2.45) is 0 Å². The number of carboxylic acid groups (broad SMARTS) is 1. The summed E-state index contributed by atoms with van der Waals surface area (Å²) in [6.07, 6.45) is 1.39. The fourth-order valence-corrected chi connectivity index (χ4v) is 1.40. The van der Waals surface area contributed by atoms with Gasteiger partial charge in [-0.3, -0.25) is 4.79 Å². The SMILES string of the molecule is CC.CC(=O)N1CCC[C@@H]1C(=O)O. The van der Waals surface area contributed by atoms with E-state index < -0.39 is 12.0 Å². The fourth-order valence-electron chi connectivity index (χ4n) is 1.40. The number of carbonyl (C=O) groups excluding carboxylic acids is 1. The fraction of sp³-hybridized carbons (Fsp3) is 0.778. The third-order valence-corrected chi connectivity index (χ3v) is 1.94. The molecule has 1 N–H and O–H groups in total. The van der Waals surface area contributed by atoms with Crippen molar-refractivity contribution in [3.05, 3.63) is 0 Å². The van der Waals surface area contributed by atoms with Gasteiger partial charge in [0.05, 0.1) is 0 Å². The molecule has 0 aliphatic carbocycles. The summed E-state index contributed by atoms with van der Waals surface area (Å²) in [6, 6.07) is -0.576. The van der Waals surface area contributed by atoms with Crippen molar-refractivity contribution in [2.75, 3.05) is 6.54 Å². The summed E-state index contributed by atoms with van der Waals surface area (Å²) < 4.78 is 0. The van der Waals surface area contributed by atoms with Crippen LogP contribution in [0, 0.1) is 0 Å². The molecule has 1 saturated heterocycles. The summed E-state index contributed by atoms with van der Waals surface area (Å²) >= 11 is 0. The van der Waals surface area contributed by atoms with Crippen molar-refractivity contribution >= 4 is 11.9 Å². The lowest BCUT2D eigenvalue weighted by Gasteiger charge is -2.18. The Morgan fingerprint density at radius 2 is 1.92 bits per heavy atom. The number of carbonyl (C=O) groups is 2. The number of nitrogens with zero attached hydrogens (tertiary/aromatic N) is 1. The van der Waals surface area contributed by atoms with Crippen LogP contribution in [0.5, 0.6) is 0 Å². The standard InChI is InChI=1S/C7H11NO3.C2H6/c1-5(9)8-4-2-3-6(8)7(10)11;1-2/h6H,2-4H2,1H3,(H,10,11);1-2H3/t6-;/m1./s1. The van der Waals surface area contributed by atoms with Crippen LogP contribution in [0.15, 0.2) is 0 Å². The molecule has 4 nitrogen and oxygen atoms in total. The number of aliphatic carboxylic acids is 1. The Morgan fingerprint density at radius 1 is 1.38 bits per heavy atom. The van der Waals surface area contributed by atoms with Crippen LogP contribution in [0.3, 0.4) is 0 Å². The van der Waals surface area contributed by atoms with Gasteiger partial charge in [0.2, 0.25) is 5.91 Å². The molecule has 0 saturated carbocycles. The van der Waals surface area contributed by atoms with Gasteiger partial charge in [0.25, 0.3) is 0 Å². The maximum Gasteiger partial charge on any atom is 0.326 e. The van der Waals surface area contributed by atoms with Crippen LogP contribution in [0.25, 0.3) is 0 Å². The molecule has 0 aromatic carbocycles. The van der Waals surface area contributed by atoms with Gasteiger partial charge in [0, 0.05) is 13.5 Å². The van der Waals surface area contributed by atoms with E-state index in [4.69, 9.17) is 5.11 Å². The summed E-state index contributed by atoms with van der Waals surface area (Å²) in [4.78, 5) is 22.8. The normalized spacial score (nSPS) is 20.5.